The van der Waals surface area contributed by atoms with Crippen LogP contribution in [0.4, 0.5) is 0 Å². The third-order valence-electron chi connectivity index (χ3n) is 7.52. The second kappa shape index (κ2) is 16.3. The fourth-order valence-electron chi connectivity index (χ4n) is 4.98. The molecule has 5 rings (SSSR count). The second-order valence-corrected chi connectivity index (χ2v) is 12.0. The molecule has 2 heterocycles. The Kier molecular flexibility index (Phi) is 11.4. The van der Waals surface area contributed by atoms with Crippen LogP contribution in [-0.4, -0.2) is 68.6 Å². The van der Waals surface area contributed by atoms with Crippen molar-refractivity contribution in [3.63, 3.8) is 0 Å². The van der Waals surface area contributed by atoms with Crippen molar-refractivity contribution in [3.8, 4) is 0 Å². The SMILES string of the molecule is O=C(N[C@@H](Cc1ccccc1)C(=O)N[C@@H](Cc1ccccc1)C(=O)N[C@@H](Cc1ccccc1)C(=O)N[C@H]1CSC1=O)c1cnccn1. The number of nitrogens with one attached hydrogen (secondary N) is 4. The first-order chi connectivity index (χ1) is 22.9. The Morgan fingerprint density at radius 1 is 0.660 bits per heavy atom. The van der Waals surface area contributed by atoms with Gasteiger partial charge in [-0.15, -0.1) is 0 Å². The summed E-state index contributed by atoms with van der Waals surface area (Å²) in [6, 6.07) is 23.7. The molecule has 0 aliphatic carbocycles. The van der Waals surface area contributed by atoms with E-state index in [4.69, 9.17) is 0 Å². The lowest BCUT2D eigenvalue weighted by Crippen LogP contribution is -2.59. The highest BCUT2D eigenvalue weighted by Gasteiger charge is 2.35. The summed E-state index contributed by atoms with van der Waals surface area (Å²) in [5.41, 5.74) is 2.41. The zero-order valence-corrected chi connectivity index (χ0v) is 26.2. The average molecular weight is 651 g/mol. The van der Waals surface area contributed by atoms with E-state index in [9.17, 15) is 24.0 Å². The van der Waals surface area contributed by atoms with E-state index < -0.39 is 47.8 Å². The minimum atomic E-state index is -1.11. The Morgan fingerprint density at radius 2 is 1.13 bits per heavy atom. The van der Waals surface area contributed by atoms with E-state index in [0.717, 1.165) is 28.5 Å². The molecule has 3 aromatic carbocycles. The molecule has 1 aliphatic rings. The van der Waals surface area contributed by atoms with Gasteiger partial charge in [-0.25, -0.2) is 4.98 Å². The van der Waals surface area contributed by atoms with Gasteiger partial charge in [0.15, 0.2) is 0 Å². The maximum atomic E-state index is 14.0. The summed E-state index contributed by atoms with van der Waals surface area (Å²) in [4.78, 5) is 74.2. The minimum Gasteiger partial charge on any atom is -0.343 e. The number of aromatic nitrogens is 2. The van der Waals surface area contributed by atoms with E-state index >= 15 is 0 Å². The van der Waals surface area contributed by atoms with Crippen molar-refractivity contribution in [2.24, 2.45) is 0 Å². The summed E-state index contributed by atoms with van der Waals surface area (Å²) in [6.07, 6.45) is 4.54. The zero-order chi connectivity index (χ0) is 33.0. The van der Waals surface area contributed by atoms with Gasteiger partial charge in [-0.2, -0.15) is 0 Å². The standard InChI is InChI=1S/C35H34N6O5S/c42-31(39-28(20-25-14-8-3-9-15-25)33(44)41-30-22-47-35(30)46)26(18-23-10-4-1-5-11-23)38-32(43)27(19-24-12-6-2-7-13-24)40-34(45)29-21-36-16-17-37-29/h1-17,21,26-28,30H,18-20,22H2,(H,38,43)(H,39,42)(H,40,45)(H,41,44)/t26-,27-,28-,30-/m0/s1. The molecule has 4 aromatic rings. The summed E-state index contributed by atoms with van der Waals surface area (Å²) in [7, 11) is 0. The van der Waals surface area contributed by atoms with E-state index in [2.05, 4.69) is 31.2 Å². The van der Waals surface area contributed by atoms with Crippen molar-refractivity contribution >= 4 is 40.5 Å². The highest BCUT2D eigenvalue weighted by atomic mass is 32.2. The van der Waals surface area contributed by atoms with Crippen LogP contribution in [0, 0.1) is 0 Å². The fraction of sp³-hybridized carbons (Fsp3) is 0.229. The van der Waals surface area contributed by atoms with Crippen LogP contribution in [0.1, 0.15) is 27.2 Å². The topological polar surface area (TPSA) is 159 Å². The second-order valence-electron chi connectivity index (χ2n) is 11.0. The van der Waals surface area contributed by atoms with Crippen molar-refractivity contribution in [3.05, 3.63) is 132 Å². The monoisotopic (exact) mass is 650 g/mol. The minimum absolute atomic E-state index is 0.0371. The van der Waals surface area contributed by atoms with Gasteiger partial charge in [0.05, 0.1) is 6.20 Å². The Hall–Kier alpha value is -5.36. The van der Waals surface area contributed by atoms with Gasteiger partial charge in [-0.1, -0.05) is 103 Å². The molecule has 1 fully saturated rings. The van der Waals surface area contributed by atoms with Crippen LogP contribution in [0.15, 0.2) is 110 Å². The predicted molar refractivity (Wildman–Crippen MR) is 177 cm³/mol. The number of carbonyl (C=O) groups is 5. The zero-order valence-electron chi connectivity index (χ0n) is 25.4. The molecule has 0 spiro atoms. The summed E-state index contributed by atoms with van der Waals surface area (Å²) < 4.78 is 0. The molecule has 240 valence electrons. The van der Waals surface area contributed by atoms with Crippen molar-refractivity contribution in [2.75, 3.05) is 5.75 Å². The summed E-state index contributed by atoms with van der Waals surface area (Å²) in [5, 5.41) is 11.0. The van der Waals surface area contributed by atoms with E-state index in [1.165, 1.54) is 18.6 Å². The van der Waals surface area contributed by atoms with Gasteiger partial charge in [-0.05, 0) is 16.7 Å². The van der Waals surface area contributed by atoms with Gasteiger partial charge in [0.25, 0.3) is 5.91 Å². The smallest absolute Gasteiger partial charge is 0.272 e. The van der Waals surface area contributed by atoms with E-state index in [-0.39, 0.29) is 30.1 Å². The van der Waals surface area contributed by atoms with Gasteiger partial charge < -0.3 is 21.3 Å². The van der Waals surface area contributed by atoms with E-state index in [1.807, 2.05) is 91.0 Å². The van der Waals surface area contributed by atoms with Crippen molar-refractivity contribution < 1.29 is 24.0 Å². The Labute approximate surface area is 276 Å². The maximum Gasteiger partial charge on any atom is 0.272 e. The normalized spacial score (nSPS) is 15.7. The van der Waals surface area contributed by atoms with Crippen LogP contribution in [0.3, 0.4) is 0 Å². The molecule has 0 unspecified atom stereocenters. The first-order valence-electron chi connectivity index (χ1n) is 15.1. The molecule has 0 bridgehead atoms. The predicted octanol–water partition coefficient (Wildman–Crippen LogP) is 2.03. The molecule has 47 heavy (non-hydrogen) atoms. The Bertz CT molecular complexity index is 1680. The summed E-state index contributed by atoms with van der Waals surface area (Å²) in [6.45, 7) is 0. The van der Waals surface area contributed by atoms with Crippen LogP contribution < -0.4 is 21.3 Å². The summed E-state index contributed by atoms with van der Waals surface area (Å²) >= 11 is 1.13. The lowest BCUT2D eigenvalue weighted by molar-refractivity contribution is -0.133. The number of rotatable bonds is 14. The molecule has 0 radical (unpaired) electrons. The van der Waals surface area contributed by atoms with Crippen LogP contribution in [0.2, 0.25) is 0 Å². The first kappa shape index (κ1) is 33.0. The highest BCUT2D eigenvalue weighted by molar-refractivity contribution is 8.16. The van der Waals surface area contributed by atoms with Crippen LogP contribution in [-0.2, 0) is 38.4 Å². The molecule has 1 aliphatic heterocycles. The van der Waals surface area contributed by atoms with Crippen LogP contribution in [0.5, 0.6) is 0 Å². The molecular formula is C35H34N6O5S. The average Bonchev–Trinajstić information content (AvgIpc) is 3.10. The Morgan fingerprint density at radius 3 is 1.53 bits per heavy atom. The highest BCUT2D eigenvalue weighted by Crippen LogP contribution is 2.20. The molecule has 4 N–H and O–H groups in total. The number of amides is 4. The lowest BCUT2D eigenvalue weighted by Gasteiger charge is -2.28. The first-order valence-corrected chi connectivity index (χ1v) is 16.1. The van der Waals surface area contributed by atoms with Gasteiger partial charge in [0.1, 0.15) is 29.9 Å². The van der Waals surface area contributed by atoms with Crippen LogP contribution >= 0.6 is 11.8 Å². The van der Waals surface area contributed by atoms with E-state index in [1.54, 1.807) is 0 Å². The molecule has 4 amide bonds. The summed E-state index contributed by atoms with van der Waals surface area (Å²) in [5.74, 6) is -1.81. The van der Waals surface area contributed by atoms with Crippen molar-refractivity contribution in [1.82, 2.24) is 31.2 Å². The van der Waals surface area contributed by atoms with Gasteiger partial charge in [0.2, 0.25) is 22.8 Å². The number of benzene rings is 3. The molecular weight excluding hydrogens is 616 g/mol. The maximum absolute atomic E-state index is 14.0. The third kappa shape index (κ3) is 9.57. The van der Waals surface area contributed by atoms with Crippen LogP contribution in [0.25, 0.3) is 0 Å². The van der Waals surface area contributed by atoms with Gasteiger partial charge >= 0.3 is 0 Å². The van der Waals surface area contributed by atoms with Crippen molar-refractivity contribution in [1.29, 1.82) is 0 Å². The lowest BCUT2D eigenvalue weighted by atomic mass is 10.0. The largest absolute Gasteiger partial charge is 0.343 e. The van der Waals surface area contributed by atoms with Gasteiger partial charge in [-0.3, -0.25) is 29.0 Å². The Balaban J connectivity index is 1.38. The van der Waals surface area contributed by atoms with E-state index in [0.29, 0.717) is 5.75 Å². The number of hydrogen-bond donors (Lipinski definition) is 4. The third-order valence-corrected chi connectivity index (χ3v) is 8.59. The fourth-order valence-corrected chi connectivity index (χ4v) is 5.59. The number of nitrogens with zero attached hydrogens (tertiary/aromatic N) is 2. The number of carbonyl (C=O) groups excluding carboxylic acids is 5. The molecule has 0 saturated carbocycles. The molecule has 4 atom stereocenters. The van der Waals surface area contributed by atoms with Gasteiger partial charge in [0, 0.05) is 37.4 Å². The molecule has 1 saturated heterocycles. The quantitative estimate of drug-likeness (QED) is 0.161. The molecule has 11 nitrogen and oxygen atoms in total. The molecule has 1 aromatic heterocycles. The molecule has 12 heteroatoms. The number of hydrogen-bond acceptors (Lipinski definition) is 8. The number of thioether (sulfide) groups is 1. The van der Waals surface area contributed by atoms with Crippen molar-refractivity contribution in [2.45, 2.75) is 43.4 Å².